The number of amides is 2. The maximum absolute atomic E-state index is 13.0. The number of nitrogens with zero attached hydrogens (tertiary/aromatic N) is 4. The number of nitrogens with one attached hydrogen (secondary N) is 1. The molecule has 1 aliphatic rings. The van der Waals surface area contributed by atoms with Gasteiger partial charge in [0.25, 0.3) is 5.91 Å². The van der Waals surface area contributed by atoms with Crippen LogP contribution in [-0.4, -0.2) is 62.8 Å². The van der Waals surface area contributed by atoms with E-state index in [0.717, 1.165) is 24.6 Å². The molecule has 150 valence electrons. The average molecular weight is 426 g/mol. The maximum Gasteiger partial charge on any atom is 0.276 e. The van der Waals surface area contributed by atoms with Crippen molar-refractivity contribution in [3.8, 4) is 0 Å². The molecule has 1 fully saturated rings. The monoisotopic (exact) mass is 425 g/mol. The summed E-state index contributed by atoms with van der Waals surface area (Å²) in [6, 6.07) is 3.98. The number of benzene rings is 1. The Morgan fingerprint density at radius 2 is 2.07 bits per heavy atom. The van der Waals surface area contributed by atoms with Gasteiger partial charge in [-0.15, -0.1) is 5.10 Å². The normalized spacial score (nSPS) is 14.1. The van der Waals surface area contributed by atoms with Crippen LogP contribution in [-0.2, 0) is 17.8 Å². The van der Waals surface area contributed by atoms with Crippen molar-refractivity contribution < 1.29 is 14.0 Å². The third kappa shape index (κ3) is 5.68. The van der Waals surface area contributed by atoms with Gasteiger partial charge in [0.2, 0.25) is 5.91 Å². The third-order valence-electron chi connectivity index (χ3n) is 4.31. The summed E-state index contributed by atoms with van der Waals surface area (Å²) in [5.74, 6) is 1.19. The van der Waals surface area contributed by atoms with Gasteiger partial charge in [0.15, 0.2) is 5.69 Å². The van der Waals surface area contributed by atoms with Crippen molar-refractivity contribution in [2.75, 3.05) is 31.1 Å². The van der Waals surface area contributed by atoms with E-state index in [-0.39, 0.29) is 23.3 Å². The van der Waals surface area contributed by atoms with Gasteiger partial charge in [-0.05, 0) is 24.1 Å². The Morgan fingerprint density at radius 1 is 1.29 bits per heavy atom. The van der Waals surface area contributed by atoms with Crippen molar-refractivity contribution in [2.24, 2.45) is 0 Å². The Kier molecular flexibility index (Phi) is 7.27. The number of hydrogen-bond donors (Lipinski definition) is 1. The minimum atomic E-state index is -0.431. The topological polar surface area (TPSA) is 80.1 Å². The predicted octanol–water partition coefficient (Wildman–Crippen LogP) is 2.01. The standard InChI is InChI=1S/C18H21ClFN5O2S/c19-15-11-14(20)3-2-13(15)10-17(26)21-4-1-5-25-12-16(22-23-25)18(27)24-6-8-28-9-7-24/h2-3,11-12H,1,4-10H2,(H,21,26). The summed E-state index contributed by atoms with van der Waals surface area (Å²) in [7, 11) is 0. The second-order valence-electron chi connectivity index (χ2n) is 6.39. The molecule has 1 N–H and O–H groups in total. The minimum Gasteiger partial charge on any atom is -0.356 e. The van der Waals surface area contributed by atoms with Crippen molar-refractivity contribution in [1.29, 1.82) is 0 Å². The van der Waals surface area contributed by atoms with Gasteiger partial charge in [-0.2, -0.15) is 11.8 Å². The second-order valence-corrected chi connectivity index (χ2v) is 8.02. The first-order valence-electron chi connectivity index (χ1n) is 9.01. The quantitative estimate of drug-likeness (QED) is 0.686. The molecule has 0 aliphatic carbocycles. The van der Waals surface area contributed by atoms with E-state index in [0.29, 0.717) is 30.8 Å². The van der Waals surface area contributed by atoms with Gasteiger partial charge >= 0.3 is 0 Å². The molecule has 0 radical (unpaired) electrons. The summed E-state index contributed by atoms with van der Waals surface area (Å²) in [6.07, 6.45) is 2.37. The molecule has 0 unspecified atom stereocenters. The van der Waals surface area contributed by atoms with Crippen molar-refractivity contribution >= 4 is 35.2 Å². The van der Waals surface area contributed by atoms with Crippen molar-refractivity contribution in [1.82, 2.24) is 25.2 Å². The molecule has 0 atom stereocenters. The van der Waals surface area contributed by atoms with E-state index in [2.05, 4.69) is 15.6 Å². The maximum atomic E-state index is 13.0. The smallest absolute Gasteiger partial charge is 0.276 e. The zero-order valence-corrected chi connectivity index (χ0v) is 16.8. The predicted molar refractivity (Wildman–Crippen MR) is 106 cm³/mol. The second kappa shape index (κ2) is 9.88. The highest BCUT2D eigenvalue weighted by molar-refractivity contribution is 7.99. The number of halogens is 2. The zero-order chi connectivity index (χ0) is 19.9. The lowest BCUT2D eigenvalue weighted by atomic mass is 10.1. The van der Waals surface area contributed by atoms with Crippen molar-refractivity contribution in [2.45, 2.75) is 19.4 Å². The Bertz CT molecular complexity index is 841. The largest absolute Gasteiger partial charge is 0.356 e. The van der Waals surface area contributed by atoms with Gasteiger partial charge in [-0.25, -0.2) is 4.39 Å². The number of carbonyl (C=O) groups excluding carboxylic acids is 2. The highest BCUT2D eigenvalue weighted by Gasteiger charge is 2.21. The van der Waals surface area contributed by atoms with E-state index in [1.54, 1.807) is 15.8 Å². The zero-order valence-electron chi connectivity index (χ0n) is 15.2. The fraction of sp³-hybridized carbons (Fsp3) is 0.444. The van der Waals surface area contributed by atoms with E-state index in [1.807, 2.05) is 11.8 Å². The van der Waals surface area contributed by atoms with Crippen LogP contribution in [0.2, 0.25) is 5.02 Å². The lowest BCUT2D eigenvalue weighted by molar-refractivity contribution is -0.120. The van der Waals surface area contributed by atoms with Gasteiger partial charge in [0, 0.05) is 42.7 Å². The van der Waals surface area contributed by atoms with Crippen molar-refractivity contribution in [3.05, 3.63) is 46.5 Å². The van der Waals surface area contributed by atoms with E-state index in [4.69, 9.17) is 11.6 Å². The first-order chi connectivity index (χ1) is 13.5. The van der Waals surface area contributed by atoms with E-state index in [1.165, 1.54) is 18.2 Å². The van der Waals surface area contributed by atoms with E-state index < -0.39 is 5.82 Å². The van der Waals surface area contributed by atoms with Crippen LogP contribution in [0.4, 0.5) is 4.39 Å². The van der Waals surface area contributed by atoms with Gasteiger partial charge in [-0.1, -0.05) is 22.9 Å². The van der Waals surface area contributed by atoms with Crippen LogP contribution >= 0.6 is 23.4 Å². The van der Waals surface area contributed by atoms with Gasteiger partial charge < -0.3 is 10.2 Å². The molecule has 1 aliphatic heterocycles. The van der Waals surface area contributed by atoms with Gasteiger partial charge in [0.1, 0.15) is 5.82 Å². The molecule has 0 saturated carbocycles. The van der Waals surface area contributed by atoms with Gasteiger partial charge in [-0.3, -0.25) is 14.3 Å². The summed E-state index contributed by atoms with van der Waals surface area (Å²) in [4.78, 5) is 26.1. The molecule has 3 rings (SSSR count). The summed E-state index contributed by atoms with van der Waals surface area (Å²) < 4.78 is 14.6. The number of rotatable bonds is 7. The van der Waals surface area contributed by atoms with Crippen molar-refractivity contribution in [3.63, 3.8) is 0 Å². The van der Waals surface area contributed by atoms with Crippen LogP contribution in [0.3, 0.4) is 0 Å². The summed E-state index contributed by atoms with van der Waals surface area (Å²) >= 11 is 7.77. The molecule has 10 heteroatoms. The van der Waals surface area contributed by atoms with Gasteiger partial charge in [0.05, 0.1) is 12.6 Å². The summed E-state index contributed by atoms with van der Waals surface area (Å²) in [5, 5.41) is 11.0. The molecule has 1 aromatic carbocycles. The Balaban J connectivity index is 1.40. The molecule has 2 heterocycles. The molecular formula is C18H21ClFN5O2S. The highest BCUT2D eigenvalue weighted by atomic mass is 35.5. The molecule has 7 nitrogen and oxygen atoms in total. The number of aromatic nitrogens is 3. The van der Waals surface area contributed by atoms with Crippen LogP contribution in [0.5, 0.6) is 0 Å². The van der Waals surface area contributed by atoms with E-state index in [9.17, 15) is 14.0 Å². The average Bonchev–Trinajstić information content (AvgIpc) is 3.16. The number of carbonyl (C=O) groups is 2. The molecule has 2 aromatic rings. The summed E-state index contributed by atoms with van der Waals surface area (Å²) in [6.45, 7) is 2.46. The SMILES string of the molecule is O=C(Cc1ccc(F)cc1Cl)NCCCn1cc(C(=O)N2CCSCC2)nn1. The first-order valence-corrected chi connectivity index (χ1v) is 10.5. The van der Waals surface area contributed by atoms with Crippen LogP contribution in [0.25, 0.3) is 0 Å². The van der Waals surface area contributed by atoms with Crippen LogP contribution < -0.4 is 5.32 Å². The van der Waals surface area contributed by atoms with Crippen LogP contribution in [0.1, 0.15) is 22.5 Å². The van der Waals surface area contributed by atoms with Crippen LogP contribution in [0.15, 0.2) is 24.4 Å². The molecule has 0 bridgehead atoms. The Labute approximate surface area is 171 Å². The molecule has 2 amide bonds. The molecule has 0 spiro atoms. The third-order valence-corrected chi connectivity index (χ3v) is 5.60. The lowest BCUT2D eigenvalue weighted by Crippen LogP contribution is -2.38. The summed E-state index contributed by atoms with van der Waals surface area (Å²) in [5.41, 5.74) is 0.929. The molecule has 1 saturated heterocycles. The number of aryl methyl sites for hydroxylation is 1. The molecule has 28 heavy (non-hydrogen) atoms. The minimum absolute atomic E-state index is 0.0870. The first kappa shape index (κ1) is 20.6. The van der Waals surface area contributed by atoms with E-state index >= 15 is 0 Å². The van der Waals surface area contributed by atoms with Crippen LogP contribution in [0, 0.1) is 5.82 Å². The molecule has 1 aromatic heterocycles. The lowest BCUT2D eigenvalue weighted by Gasteiger charge is -2.25. The number of hydrogen-bond acceptors (Lipinski definition) is 5. The molecular weight excluding hydrogens is 405 g/mol. The number of thioether (sulfide) groups is 1. The highest BCUT2D eigenvalue weighted by Crippen LogP contribution is 2.17. The Hall–Kier alpha value is -2.13. The fourth-order valence-electron chi connectivity index (χ4n) is 2.80. The Morgan fingerprint density at radius 3 is 2.82 bits per heavy atom. The fourth-order valence-corrected chi connectivity index (χ4v) is 3.94.